The number of carbonyl (C=O) groups is 1. The molecule has 2 nitrogen and oxygen atoms in total. The first-order valence-corrected chi connectivity index (χ1v) is 5.37. The minimum Gasteiger partial charge on any atom is -0.495 e. The first-order chi connectivity index (χ1) is 8.98. The van der Waals surface area contributed by atoms with E-state index in [0.717, 1.165) is 12.1 Å². The van der Waals surface area contributed by atoms with E-state index < -0.39 is 29.6 Å². The predicted octanol–water partition coefficient (Wildman–Crippen LogP) is 4.27. The summed E-state index contributed by atoms with van der Waals surface area (Å²) in [5.41, 5.74) is -0.796. The second-order valence-electron chi connectivity index (χ2n) is 3.73. The molecule has 0 bridgehead atoms. The minimum absolute atomic E-state index is 0.0267. The topological polar surface area (TPSA) is 26.3 Å². The number of benzene rings is 1. The lowest BCUT2D eigenvalue weighted by molar-refractivity contribution is -0.264. The van der Waals surface area contributed by atoms with E-state index >= 15 is 0 Å². The first kappa shape index (κ1) is 16.6. The second kappa shape index (κ2) is 5.51. The van der Waals surface area contributed by atoms with Crippen molar-refractivity contribution >= 4 is 17.4 Å². The van der Waals surface area contributed by atoms with Gasteiger partial charge < -0.3 is 4.74 Å². The fourth-order valence-corrected chi connectivity index (χ4v) is 1.73. The number of hydrogen-bond donors (Lipinski definition) is 0. The van der Waals surface area contributed by atoms with Gasteiger partial charge in [0.25, 0.3) is 0 Å². The van der Waals surface area contributed by atoms with E-state index in [2.05, 4.69) is 4.74 Å². The Morgan fingerprint density at radius 3 is 2.00 bits per heavy atom. The van der Waals surface area contributed by atoms with Gasteiger partial charge >= 0.3 is 12.4 Å². The van der Waals surface area contributed by atoms with Gasteiger partial charge in [0.15, 0.2) is 5.78 Å². The number of hydrogen-bond acceptors (Lipinski definition) is 2. The Labute approximate surface area is 114 Å². The molecule has 1 rings (SSSR count). The molecule has 0 aliphatic carbocycles. The smallest absolute Gasteiger partial charge is 0.407 e. The molecular weight excluding hydrogens is 314 g/mol. The van der Waals surface area contributed by atoms with Gasteiger partial charge in [0.2, 0.25) is 5.92 Å². The molecule has 0 radical (unpaired) electrons. The number of Topliss-reactive ketones (excluding diaryl/α,β-unsaturated/α-hetero) is 1. The normalized spacial score (nSPS) is 12.7. The predicted molar refractivity (Wildman–Crippen MR) is 57.9 cm³/mol. The van der Waals surface area contributed by atoms with Crippen LogP contribution in [0.3, 0.4) is 0 Å². The van der Waals surface area contributed by atoms with Crippen LogP contribution in [0.1, 0.15) is 10.4 Å². The van der Waals surface area contributed by atoms with E-state index in [1.165, 1.54) is 7.11 Å². The van der Waals surface area contributed by atoms with Crippen molar-refractivity contribution in [2.75, 3.05) is 7.11 Å². The third kappa shape index (κ3) is 3.56. The number of ether oxygens (including phenoxy) is 1. The monoisotopic (exact) mass is 320 g/mol. The van der Waals surface area contributed by atoms with Crippen molar-refractivity contribution in [3.05, 3.63) is 28.8 Å². The van der Waals surface area contributed by atoms with E-state index in [1.807, 2.05) is 0 Å². The maximum Gasteiger partial charge on any atom is 0.407 e. The molecule has 0 unspecified atom stereocenters. The Bertz CT molecular complexity index is 495. The van der Waals surface area contributed by atoms with Crippen molar-refractivity contribution in [2.45, 2.75) is 12.4 Å². The third-order valence-corrected chi connectivity index (χ3v) is 2.65. The van der Waals surface area contributed by atoms with Crippen LogP contribution in [-0.2, 0) is 0 Å². The molecular formula is C11H7ClF6O2. The molecule has 0 saturated heterocycles. The lowest BCUT2D eigenvalue weighted by Gasteiger charge is -2.21. The Hall–Kier alpha value is -1.44. The molecule has 0 aromatic heterocycles. The zero-order chi connectivity index (χ0) is 15.7. The molecule has 0 amide bonds. The average molecular weight is 321 g/mol. The van der Waals surface area contributed by atoms with Gasteiger partial charge in [-0.3, -0.25) is 4.79 Å². The van der Waals surface area contributed by atoms with Crippen LogP contribution in [0.25, 0.3) is 0 Å². The highest BCUT2D eigenvalue weighted by atomic mass is 35.5. The zero-order valence-corrected chi connectivity index (χ0v) is 10.5. The summed E-state index contributed by atoms with van der Waals surface area (Å²) in [6, 6.07) is 2.50. The maximum atomic E-state index is 12.4. The summed E-state index contributed by atoms with van der Waals surface area (Å²) in [4.78, 5) is 11.5. The van der Waals surface area contributed by atoms with Gasteiger partial charge in [-0.05, 0) is 18.2 Å². The van der Waals surface area contributed by atoms with E-state index in [0.29, 0.717) is 6.07 Å². The van der Waals surface area contributed by atoms with E-state index in [9.17, 15) is 31.1 Å². The average Bonchev–Trinajstić information content (AvgIpc) is 2.24. The molecule has 0 N–H and O–H groups in total. The third-order valence-electron chi connectivity index (χ3n) is 2.35. The van der Waals surface area contributed by atoms with E-state index in [4.69, 9.17) is 11.6 Å². The molecule has 1 aromatic carbocycles. The number of methoxy groups -OCH3 is 1. The van der Waals surface area contributed by atoms with Crippen LogP contribution >= 0.6 is 11.6 Å². The highest BCUT2D eigenvalue weighted by molar-refractivity contribution is 6.32. The largest absolute Gasteiger partial charge is 0.495 e. The van der Waals surface area contributed by atoms with Crippen molar-refractivity contribution < 1.29 is 35.9 Å². The highest BCUT2D eigenvalue weighted by Gasteiger charge is 2.60. The molecule has 112 valence electrons. The van der Waals surface area contributed by atoms with Crippen LogP contribution in [0.2, 0.25) is 5.02 Å². The van der Waals surface area contributed by atoms with Crippen molar-refractivity contribution in [3.8, 4) is 5.75 Å². The lowest BCUT2D eigenvalue weighted by Crippen LogP contribution is -2.42. The summed E-state index contributed by atoms with van der Waals surface area (Å²) in [6.45, 7) is 0. The highest BCUT2D eigenvalue weighted by Crippen LogP contribution is 2.41. The minimum atomic E-state index is -5.73. The Morgan fingerprint density at radius 1 is 1.15 bits per heavy atom. The Kier molecular flexibility index (Phi) is 4.58. The fourth-order valence-electron chi connectivity index (χ4n) is 1.47. The van der Waals surface area contributed by atoms with Crippen LogP contribution in [-0.4, -0.2) is 25.2 Å². The SMILES string of the molecule is COc1ccc(C(=O)C(C(F)(F)F)C(F)(F)F)cc1Cl. The van der Waals surface area contributed by atoms with Crippen LogP contribution in [0.15, 0.2) is 18.2 Å². The molecule has 0 spiro atoms. The second-order valence-corrected chi connectivity index (χ2v) is 4.14. The molecule has 9 heteroatoms. The quantitative estimate of drug-likeness (QED) is 0.614. The number of halogens is 7. The Morgan fingerprint density at radius 2 is 1.65 bits per heavy atom. The van der Waals surface area contributed by atoms with Crippen LogP contribution < -0.4 is 4.74 Å². The van der Waals surface area contributed by atoms with E-state index in [1.54, 1.807) is 0 Å². The molecule has 0 saturated carbocycles. The van der Waals surface area contributed by atoms with Gasteiger partial charge in [-0.15, -0.1) is 0 Å². The number of rotatable bonds is 3. The zero-order valence-electron chi connectivity index (χ0n) is 9.77. The number of carbonyl (C=O) groups excluding carboxylic acids is 1. The summed E-state index contributed by atoms with van der Waals surface area (Å²) in [5, 5.41) is -0.263. The summed E-state index contributed by atoms with van der Waals surface area (Å²) < 4.78 is 79.1. The molecule has 0 atom stereocenters. The molecule has 0 aliphatic heterocycles. The van der Waals surface area contributed by atoms with E-state index in [-0.39, 0.29) is 10.8 Å². The van der Waals surface area contributed by atoms with Gasteiger partial charge in [-0.1, -0.05) is 11.6 Å². The fraction of sp³-hybridized carbons (Fsp3) is 0.364. The standard InChI is InChI=1S/C11H7ClF6O2/c1-20-7-3-2-5(4-6(7)12)8(19)9(10(13,14)15)11(16,17)18/h2-4,9H,1H3. The van der Waals surface area contributed by atoms with Crippen molar-refractivity contribution in [2.24, 2.45) is 5.92 Å². The Balaban J connectivity index is 3.24. The van der Waals surface area contributed by atoms with Crippen molar-refractivity contribution in [1.29, 1.82) is 0 Å². The summed E-state index contributed by atoms with van der Waals surface area (Å²) >= 11 is 5.57. The maximum absolute atomic E-state index is 12.4. The molecule has 20 heavy (non-hydrogen) atoms. The molecule has 1 aromatic rings. The van der Waals surface area contributed by atoms with Crippen LogP contribution in [0.4, 0.5) is 26.3 Å². The van der Waals surface area contributed by atoms with Gasteiger partial charge in [0.05, 0.1) is 12.1 Å². The van der Waals surface area contributed by atoms with Crippen molar-refractivity contribution in [1.82, 2.24) is 0 Å². The summed E-state index contributed by atoms with van der Waals surface area (Å²) in [5.74, 6) is -6.17. The van der Waals surface area contributed by atoms with Crippen LogP contribution in [0, 0.1) is 5.92 Å². The van der Waals surface area contributed by atoms with Crippen molar-refractivity contribution in [3.63, 3.8) is 0 Å². The summed E-state index contributed by atoms with van der Waals surface area (Å²) in [7, 11) is 1.21. The lowest BCUT2D eigenvalue weighted by atomic mass is 9.96. The van der Waals surface area contributed by atoms with Gasteiger partial charge in [-0.2, -0.15) is 26.3 Å². The number of alkyl halides is 6. The molecule has 0 aliphatic rings. The first-order valence-electron chi connectivity index (χ1n) is 4.99. The van der Waals surface area contributed by atoms with Gasteiger partial charge in [0, 0.05) is 5.56 Å². The van der Waals surface area contributed by atoms with Gasteiger partial charge in [-0.25, -0.2) is 0 Å². The molecule has 0 fully saturated rings. The number of ketones is 1. The molecule has 0 heterocycles. The van der Waals surface area contributed by atoms with Gasteiger partial charge in [0.1, 0.15) is 5.75 Å². The van der Waals surface area contributed by atoms with Crippen LogP contribution in [0.5, 0.6) is 5.75 Å². The summed E-state index contributed by atoms with van der Waals surface area (Å²) in [6.07, 6.45) is -11.5.